The van der Waals surface area contributed by atoms with Crippen LogP contribution < -0.4 is 4.72 Å². The molecule has 20 heavy (non-hydrogen) atoms. The van der Waals surface area contributed by atoms with Gasteiger partial charge in [-0.1, -0.05) is 0 Å². The Labute approximate surface area is 118 Å². The van der Waals surface area contributed by atoms with Crippen LogP contribution in [-0.2, 0) is 19.5 Å². The van der Waals surface area contributed by atoms with Crippen molar-refractivity contribution < 1.29 is 22.3 Å². The van der Waals surface area contributed by atoms with Crippen molar-refractivity contribution in [2.75, 3.05) is 33.5 Å². The number of nitrogens with zero attached hydrogens (tertiary/aromatic N) is 1. The molecular formula is C12H19FN2O4S. The van der Waals surface area contributed by atoms with Crippen molar-refractivity contribution in [1.82, 2.24) is 9.71 Å². The first-order valence-corrected chi connectivity index (χ1v) is 7.73. The highest BCUT2D eigenvalue weighted by Gasteiger charge is 2.19. The van der Waals surface area contributed by atoms with E-state index in [4.69, 9.17) is 9.47 Å². The van der Waals surface area contributed by atoms with Crippen LogP contribution in [0.2, 0.25) is 0 Å². The highest BCUT2D eigenvalue weighted by molar-refractivity contribution is 7.89. The predicted octanol–water partition coefficient (Wildman–Crippen LogP) is 0.942. The van der Waals surface area contributed by atoms with Gasteiger partial charge in [0.1, 0.15) is 0 Å². The summed E-state index contributed by atoms with van der Waals surface area (Å²) >= 11 is 0. The molecule has 0 aliphatic rings. The SMILES string of the molecule is COCCOCCCCNS(=O)(=O)c1ncccc1F. The molecule has 0 spiro atoms. The minimum atomic E-state index is -3.89. The molecule has 0 aliphatic carbocycles. The Hall–Kier alpha value is -1.09. The molecule has 0 aromatic carbocycles. The quantitative estimate of drug-likeness (QED) is 0.651. The van der Waals surface area contributed by atoms with Crippen LogP contribution in [-0.4, -0.2) is 46.9 Å². The number of pyridine rings is 1. The maximum Gasteiger partial charge on any atom is 0.261 e. The van der Waals surface area contributed by atoms with Gasteiger partial charge in [0.25, 0.3) is 10.0 Å². The van der Waals surface area contributed by atoms with E-state index in [0.29, 0.717) is 32.7 Å². The lowest BCUT2D eigenvalue weighted by molar-refractivity contribution is 0.0689. The second-order valence-corrected chi connectivity index (χ2v) is 5.68. The maximum atomic E-state index is 13.3. The van der Waals surface area contributed by atoms with Crippen molar-refractivity contribution in [2.45, 2.75) is 17.9 Å². The van der Waals surface area contributed by atoms with Crippen LogP contribution in [0.3, 0.4) is 0 Å². The van der Waals surface area contributed by atoms with Crippen molar-refractivity contribution in [3.63, 3.8) is 0 Å². The number of hydrogen-bond donors (Lipinski definition) is 1. The average molecular weight is 306 g/mol. The number of ether oxygens (including phenoxy) is 2. The number of methoxy groups -OCH3 is 1. The van der Waals surface area contributed by atoms with Crippen molar-refractivity contribution in [3.05, 3.63) is 24.1 Å². The standard InChI is InChI=1S/C12H19FN2O4S/c1-18-9-10-19-8-3-2-7-15-20(16,17)12-11(13)5-4-6-14-12/h4-6,15H,2-3,7-10H2,1H3. The van der Waals surface area contributed by atoms with Crippen molar-refractivity contribution in [2.24, 2.45) is 0 Å². The normalized spacial score (nSPS) is 11.7. The molecule has 114 valence electrons. The molecule has 1 N–H and O–H groups in total. The Morgan fingerprint density at radius 2 is 2.10 bits per heavy atom. The summed E-state index contributed by atoms with van der Waals surface area (Å²) in [7, 11) is -2.30. The zero-order chi connectivity index (χ0) is 14.8. The van der Waals surface area contributed by atoms with Gasteiger partial charge in [-0.2, -0.15) is 0 Å². The molecule has 8 heteroatoms. The molecule has 0 aliphatic heterocycles. The minimum absolute atomic E-state index is 0.214. The van der Waals surface area contributed by atoms with Gasteiger partial charge in [-0.3, -0.25) is 0 Å². The molecule has 1 aromatic heterocycles. The molecule has 0 fully saturated rings. The van der Waals surface area contributed by atoms with Gasteiger partial charge in [-0.25, -0.2) is 22.5 Å². The average Bonchev–Trinajstić information content (AvgIpc) is 2.42. The Morgan fingerprint density at radius 1 is 1.30 bits per heavy atom. The van der Waals surface area contributed by atoms with Gasteiger partial charge >= 0.3 is 0 Å². The number of nitrogens with one attached hydrogen (secondary N) is 1. The number of aromatic nitrogens is 1. The Balaban J connectivity index is 2.26. The van der Waals surface area contributed by atoms with Crippen LogP contribution in [0.25, 0.3) is 0 Å². The first kappa shape index (κ1) is 17.0. The lowest BCUT2D eigenvalue weighted by Crippen LogP contribution is -2.26. The van der Waals surface area contributed by atoms with Gasteiger partial charge in [0.05, 0.1) is 13.2 Å². The van der Waals surface area contributed by atoms with E-state index in [1.165, 1.54) is 12.3 Å². The van der Waals surface area contributed by atoms with E-state index in [2.05, 4.69) is 9.71 Å². The van der Waals surface area contributed by atoms with E-state index in [1.807, 2.05) is 0 Å². The molecule has 1 rings (SSSR count). The van der Waals surface area contributed by atoms with Crippen LogP contribution in [0.15, 0.2) is 23.4 Å². The summed E-state index contributed by atoms with van der Waals surface area (Å²) in [6.45, 7) is 1.79. The fraction of sp³-hybridized carbons (Fsp3) is 0.583. The Bertz CT molecular complexity index is 496. The fourth-order valence-electron chi connectivity index (χ4n) is 1.42. The summed E-state index contributed by atoms with van der Waals surface area (Å²) in [5.74, 6) is -0.858. The zero-order valence-corrected chi connectivity index (χ0v) is 12.2. The topological polar surface area (TPSA) is 77.5 Å². The highest BCUT2D eigenvalue weighted by Crippen LogP contribution is 2.09. The van der Waals surface area contributed by atoms with Crippen LogP contribution in [0, 0.1) is 5.82 Å². The van der Waals surface area contributed by atoms with E-state index in [9.17, 15) is 12.8 Å². The van der Waals surface area contributed by atoms with E-state index in [1.54, 1.807) is 7.11 Å². The van der Waals surface area contributed by atoms with Gasteiger partial charge in [0, 0.05) is 26.5 Å². The van der Waals surface area contributed by atoms with Crippen molar-refractivity contribution in [1.29, 1.82) is 0 Å². The molecule has 0 amide bonds. The summed E-state index contributed by atoms with van der Waals surface area (Å²) in [6.07, 6.45) is 2.54. The summed E-state index contributed by atoms with van der Waals surface area (Å²) in [5.41, 5.74) is 0. The molecular weight excluding hydrogens is 287 g/mol. The first-order valence-electron chi connectivity index (χ1n) is 6.25. The van der Waals surface area contributed by atoms with E-state index in [0.717, 1.165) is 6.07 Å². The second kappa shape index (κ2) is 8.96. The summed E-state index contributed by atoms with van der Waals surface area (Å²) in [6, 6.07) is 2.40. The molecule has 1 aromatic rings. The lowest BCUT2D eigenvalue weighted by atomic mass is 10.3. The van der Waals surface area contributed by atoms with Gasteiger partial charge < -0.3 is 9.47 Å². The van der Waals surface area contributed by atoms with Gasteiger partial charge in [0.2, 0.25) is 5.03 Å². The van der Waals surface area contributed by atoms with Crippen LogP contribution in [0.5, 0.6) is 0 Å². The molecule has 0 bridgehead atoms. The molecule has 1 heterocycles. The third-order valence-electron chi connectivity index (χ3n) is 2.42. The number of halogens is 1. The van der Waals surface area contributed by atoms with Gasteiger partial charge in [0.15, 0.2) is 5.82 Å². The first-order chi connectivity index (χ1) is 9.58. The second-order valence-electron chi connectivity index (χ2n) is 4.00. The third-order valence-corrected chi connectivity index (χ3v) is 3.81. The highest BCUT2D eigenvalue weighted by atomic mass is 32.2. The van der Waals surface area contributed by atoms with Crippen molar-refractivity contribution >= 4 is 10.0 Å². The van der Waals surface area contributed by atoms with E-state index < -0.39 is 20.9 Å². The van der Waals surface area contributed by atoms with E-state index >= 15 is 0 Å². The number of hydrogen-bond acceptors (Lipinski definition) is 5. The summed E-state index contributed by atoms with van der Waals surface area (Å²) < 4.78 is 49.2. The van der Waals surface area contributed by atoms with Crippen molar-refractivity contribution in [3.8, 4) is 0 Å². The molecule has 0 unspecified atom stereocenters. The maximum absolute atomic E-state index is 13.3. The minimum Gasteiger partial charge on any atom is -0.382 e. The largest absolute Gasteiger partial charge is 0.382 e. The lowest BCUT2D eigenvalue weighted by Gasteiger charge is -2.07. The smallest absolute Gasteiger partial charge is 0.261 e. The number of unbranched alkanes of at least 4 members (excludes halogenated alkanes) is 1. The van der Waals surface area contributed by atoms with Crippen LogP contribution in [0.4, 0.5) is 4.39 Å². The summed E-state index contributed by atoms with van der Waals surface area (Å²) in [5, 5.41) is -0.573. The zero-order valence-electron chi connectivity index (χ0n) is 11.3. The Kier molecular flexibility index (Phi) is 7.60. The van der Waals surface area contributed by atoms with Crippen LogP contribution >= 0.6 is 0 Å². The monoisotopic (exact) mass is 306 g/mol. The molecule has 6 nitrogen and oxygen atoms in total. The third kappa shape index (κ3) is 5.91. The van der Waals surface area contributed by atoms with E-state index in [-0.39, 0.29) is 6.54 Å². The number of rotatable bonds is 10. The number of sulfonamides is 1. The van der Waals surface area contributed by atoms with Gasteiger partial charge in [-0.15, -0.1) is 0 Å². The Morgan fingerprint density at radius 3 is 2.80 bits per heavy atom. The molecule has 0 saturated heterocycles. The van der Waals surface area contributed by atoms with Crippen LogP contribution in [0.1, 0.15) is 12.8 Å². The molecule has 0 radical (unpaired) electrons. The fourth-order valence-corrected chi connectivity index (χ4v) is 2.49. The predicted molar refractivity (Wildman–Crippen MR) is 71.3 cm³/mol. The summed E-state index contributed by atoms with van der Waals surface area (Å²) in [4.78, 5) is 3.53. The van der Waals surface area contributed by atoms with Gasteiger partial charge in [-0.05, 0) is 25.0 Å². The molecule has 0 saturated carbocycles. The molecule has 0 atom stereocenters.